The third-order valence-corrected chi connectivity index (χ3v) is 6.97. The van der Waals surface area contributed by atoms with Crippen molar-refractivity contribution >= 4 is 27.9 Å². The van der Waals surface area contributed by atoms with Gasteiger partial charge in [0.2, 0.25) is 0 Å². The fourth-order valence-electron chi connectivity index (χ4n) is 4.87. The highest BCUT2D eigenvalue weighted by atomic mass is 79.9. The second kappa shape index (κ2) is 6.87. The number of aliphatic hydroxyl groups is 1. The highest BCUT2D eigenvalue weighted by Crippen LogP contribution is 2.91. The second-order valence-electron chi connectivity index (χ2n) is 8.01. The molecular weight excluding hydrogens is 644 g/mol. The lowest BCUT2D eigenvalue weighted by Gasteiger charge is -2.75. The molecule has 0 radical (unpaired) electrons. The number of ether oxygens (including phenoxy) is 2. The average Bonchev–Trinajstić information content (AvgIpc) is 2.71. The first kappa shape index (κ1) is 29.8. The Kier molecular flexibility index (Phi) is 5.54. The Morgan fingerprint density at radius 1 is 0.649 bits per heavy atom. The number of carbonyl (C=O) groups is 2. The summed E-state index contributed by atoms with van der Waals surface area (Å²) in [6.45, 7) is -2.28. The SMILES string of the molecule is O=C(CBr)OCC(=O)OC(F)(F)C12C(F)(F)C3(O)C(F)(F)C(F)(C(F)(F)C(F)(C3(F)F)C1(F)F)C2(F)F. The van der Waals surface area contributed by atoms with Crippen LogP contribution in [-0.4, -0.2) is 87.6 Å². The number of alkyl halides is 17. The van der Waals surface area contributed by atoms with Crippen LogP contribution >= 0.6 is 15.9 Å². The summed E-state index contributed by atoms with van der Waals surface area (Å²) in [5.74, 6) is -54.1. The molecule has 0 aromatic heterocycles. The Balaban J connectivity index is 2.49. The van der Waals surface area contributed by atoms with Crippen LogP contribution in [0.1, 0.15) is 0 Å². The number of carbonyl (C=O) groups excluding carboxylic acids is 2. The average molecular weight is 649 g/mol. The van der Waals surface area contributed by atoms with Crippen LogP contribution in [0, 0.1) is 5.41 Å². The molecule has 2 atom stereocenters. The lowest BCUT2D eigenvalue weighted by Crippen LogP contribution is -3.10. The predicted octanol–water partition coefficient (Wildman–Crippen LogP) is 4.05. The topological polar surface area (TPSA) is 72.8 Å². The monoisotopic (exact) mass is 648 g/mol. The molecule has 214 valence electrons. The van der Waals surface area contributed by atoms with Gasteiger partial charge in [0.15, 0.2) is 6.61 Å². The number of hydrogen-bond acceptors (Lipinski definition) is 5. The second-order valence-corrected chi connectivity index (χ2v) is 8.57. The van der Waals surface area contributed by atoms with Gasteiger partial charge in [-0.25, -0.2) is 39.9 Å². The molecule has 4 rings (SSSR count). The molecule has 0 aromatic carbocycles. The van der Waals surface area contributed by atoms with E-state index < -0.39 is 87.9 Å². The summed E-state index contributed by atoms with van der Waals surface area (Å²) in [5.41, 5.74) is -32.3. The van der Waals surface area contributed by atoms with E-state index in [4.69, 9.17) is 0 Å². The van der Waals surface area contributed by atoms with E-state index in [-0.39, 0.29) is 0 Å². The summed E-state index contributed by atoms with van der Waals surface area (Å²) in [4.78, 5) is 22.3. The van der Waals surface area contributed by atoms with Gasteiger partial charge in [-0.2, -0.15) is 35.1 Å². The zero-order valence-corrected chi connectivity index (χ0v) is 18.0. The Morgan fingerprint density at radius 3 is 1.38 bits per heavy atom. The molecule has 4 bridgehead atoms. The number of rotatable bonds is 5. The van der Waals surface area contributed by atoms with Crippen molar-refractivity contribution in [1.29, 1.82) is 0 Å². The summed E-state index contributed by atoms with van der Waals surface area (Å²) in [6, 6.07) is 0. The van der Waals surface area contributed by atoms with Crippen LogP contribution in [-0.2, 0) is 19.1 Å². The molecule has 0 spiro atoms. The van der Waals surface area contributed by atoms with Crippen molar-refractivity contribution in [3.63, 3.8) is 0 Å². The molecule has 0 aromatic rings. The standard InChI is InChI=1S/C15H5BrF16O5/c16-1-3(33)36-2-4(34)37-15(31,32)5-9(19,20)6(17)12(25,26)7(18,10(5,21)22)14(29,30)8(35,11(5,23)24)13(6,27)28/h35H,1-2H2. The molecule has 4 aliphatic carbocycles. The van der Waals surface area contributed by atoms with Crippen molar-refractivity contribution in [2.75, 3.05) is 11.9 Å². The molecule has 0 aliphatic heterocycles. The number of esters is 2. The van der Waals surface area contributed by atoms with E-state index in [1.54, 1.807) is 0 Å². The predicted molar refractivity (Wildman–Crippen MR) is 80.5 cm³/mol. The molecule has 5 nitrogen and oxygen atoms in total. The van der Waals surface area contributed by atoms with Crippen LogP contribution in [0.4, 0.5) is 70.2 Å². The van der Waals surface area contributed by atoms with Crippen LogP contribution in [0.25, 0.3) is 0 Å². The summed E-state index contributed by atoms with van der Waals surface area (Å²) >= 11 is 2.33. The molecule has 0 saturated heterocycles. The van der Waals surface area contributed by atoms with E-state index in [2.05, 4.69) is 25.4 Å². The van der Waals surface area contributed by atoms with Crippen LogP contribution in [0.15, 0.2) is 0 Å². The molecule has 22 heteroatoms. The van der Waals surface area contributed by atoms with Gasteiger partial charge in [-0.1, -0.05) is 15.9 Å². The van der Waals surface area contributed by atoms with E-state index in [9.17, 15) is 84.9 Å². The van der Waals surface area contributed by atoms with Crippen molar-refractivity contribution in [1.82, 2.24) is 0 Å². The quantitative estimate of drug-likeness (QED) is 0.277. The molecule has 37 heavy (non-hydrogen) atoms. The molecule has 4 aliphatic rings. The van der Waals surface area contributed by atoms with E-state index in [1.807, 2.05) is 0 Å². The molecule has 1 N–H and O–H groups in total. The molecular formula is C15H5BrF16O5. The molecule has 0 amide bonds. The van der Waals surface area contributed by atoms with Gasteiger partial charge in [0, 0.05) is 0 Å². The fourth-order valence-corrected chi connectivity index (χ4v) is 5.03. The van der Waals surface area contributed by atoms with Gasteiger partial charge in [0.1, 0.15) is 5.33 Å². The normalized spacial score (nSPS) is 41.2. The first-order valence-electron chi connectivity index (χ1n) is 8.78. The lowest BCUT2D eigenvalue weighted by atomic mass is 9.35. The van der Waals surface area contributed by atoms with Gasteiger partial charge < -0.3 is 14.6 Å². The van der Waals surface area contributed by atoms with Crippen molar-refractivity contribution < 1.29 is 94.4 Å². The van der Waals surface area contributed by atoms with Crippen LogP contribution < -0.4 is 0 Å². The minimum absolute atomic E-state index is 0.879. The number of hydrogen-bond donors (Lipinski definition) is 1. The van der Waals surface area contributed by atoms with E-state index >= 15 is 0 Å². The van der Waals surface area contributed by atoms with Crippen molar-refractivity contribution in [3.8, 4) is 0 Å². The molecule has 4 saturated carbocycles. The Labute approximate surface area is 199 Å². The minimum Gasteiger partial charge on any atom is -0.453 e. The van der Waals surface area contributed by atoms with Gasteiger partial charge in [0.05, 0.1) is 0 Å². The van der Waals surface area contributed by atoms with Gasteiger partial charge in [0.25, 0.3) is 11.0 Å². The minimum atomic E-state index is -8.39. The van der Waals surface area contributed by atoms with E-state index in [1.165, 1.54) is 0 Å². The van der Waals surface area contributed by atoms with Gasteiger partial charge in [-0.15, -0.1) is 0 Å². The molecule has 4 fully saturated rings. The van der Waals surface area contributed by atoms with Gasteiger partial charge in [-0.05, 0) is 0 Å². The summed E-state index contributed by atoms with van der Waals surface area (Å²) in [5, 5.41) is 8.53. The lowest BCUT2D eigenvalue weighted by molar-refractivity contribution is -0.645. The first-order chi connectivity index (χ1) is 16.1. The van der Waals surface area contributed by atoms with Crippen molar-refractivity contribution in [2.45, 2.75) is 58.6 Å². The maximum absolute atomic E-state index is 15.0. The van der Waals surface area contributed by atoms with Crippen LogP contribution in [0.3, 0.4) is 0 Å². The van der Waals surface area contributed by atoms with Crippen molar-refractivity contribution in [3.05, 3.63) is 0 Å². The highest BCUT2D eigenvalue weighted by molar-refractivity contribution is 9.09. The first-order valence-corrected chi connectivity index (χ1v) is 9.90. The Morgan fingerprint density at radius 2 is 1.03 bits per heavy atom. The maximum atomic E-state index is 15.0. The van der Waals surface area contributed by atoms with Crippen LogP contribution in [0.5, 0.6) is 0 Å². The maximum Gasteiger partial charge on any atom is 0.424 e. The van der Waals surface area contributed by atoms with E-state index in [0.717, 1.165) is 0 Å². The Hall–Kier alpha value is -1.74. The van der Waals surface area contributed by atoms with Gasteiger partial charge in [-0.3, -0.25) is 4.79 Å². The highest BCUT2D eigenvalue weighted by Gasteiger charge is 3.24. The summed E-state index contributed by atoms with van der Waals surface area (Å²) in [6.07, 6.45) is -7.74. The fraction of sp³-hybridized carbons (Fsp3) is 0.867. The summed E-state index contributed by atoms with van der Waals surface area (Å²) < 4.78 is 241. The smallest absolute Gasteiger partial charge is 0.424 e. The summed E-state index contributed by atoms with van der Waals surface area (Å²) in [7, 11) is 0. The number of halogens is 17. The third-order valence-electron chi connectivity index (χ3n) is 6.51. The molecule has 0 heterocycles. The van der Waals surface area contributed by atoms with Crippen molar-refractivity contribution in [2.24, 2.45) is 5.41 Å². The zero-order chi connectivity index (χ0) is 29.5. The molecule has 2 unspecified atom stereocenters. The third kappa shape index (κ3) is 2.20. The Bertz CT molecular complexity index is 946. The van der Waals surface area contributed by atoms with Gasteiger partial charge >= 0.3 is 64.9 Å². The van der Waals surface area contributed by atoms with E-state index in [0.29, 0.717) is 0 Å². The largest absolute Gasteiger partial charge is 0.453 e. The zero-order valence-electron chi connectivity index (χ0n) is 16.4. The van der Waals surface area contributed by atoms with Crippen LogP contribution in [0.2, 0.25) is 0 Å².